The van der Waals surface area contributed by atoms with E-state index in [4.69, 9.17) is 66.3 Å². The van der Waals surface area contributed by atoms with Crippen LogP contribution in [0.25, 0.3) is 0 Å². The molecule has 2 amide bonds. The van der Waals surface area contributed by atoms with Crippen LogP contribution in [-0.2, 0) is 126 Å². The topological polar surface area (TPSA) is 167 Å². The number of carbonyl (C=O) groups is 2. The summed E-state index contributed by atoms with van der Waals surface area (Å²) in [4.78, 5) is 32.1. The summed E-state index contributed by atoms with van der Waals surface area (Å²) >= 11 is 1.47. The van der Waals surface area contributed by atoms with E-state index in [-0.39, 0.29) is 83.8 Å². The molecule has 10 aromatic carbocycles. The summed E-state index contributed by atoms with van der Waals surface area (Å²) in [5, 5.41) is 0. The second-order valence-electron chi connectivity index (χ2n) is 27.1. The number of hydrogen-bond acceptors (Lipinski definition) is 17. The molecule has 0 N–H and O–H groups in total. The minimum atomic E-state index is -1.45. The van der Waals surface area contributed by atoms with E-state index < -0.39 is 103 Å². The van der Waals surface area contributed by atoms with Crippen molar-refractivity contribution >= 4 is 23.6 Å². The first kappa shape index (κ1) is 75.9. The number of imide groups is 1. The average molecular weight is 1470 g/mol. The number of thioether (sulfide) groups is 1. The Kier molecular flexibility index (Phi) is 27.4. The van der Waals surface area contributed by atoms with Crippen LogP contribution in [0.15, 0.2) is 297 Å². The van der Waals surface area contributed by atoms with Crippen molar-refractivity contribution in [3.63, 3.8) is 0 Å². The molecule has 6 unspecified atom stereocenters. The molecule has 4 aliphatic rings. The summed E-state index contributed by atoms with van der Waals surface area (Å²) in [6, 6.07) is 94.6. The number of hydrogen-bond donors (Lipinski definition) is 0. The van der Waals surface area contributed by atoms with Gasteiger partial charge in [-0.25, -0.2) is 0 Å². The van der Waals surface area contributed by atoms with Crippen LogP contribution in [0.5, 0.6) is 0 Å². The standard InChI is InChI=1S/C90H91NO16S/c1-108-90-85(83(101-58-70-45-25-9-26-46-70)79(97-54-66-37-17-5-18-38-66)75(106-90)61-95-52-64-33-13-3-14-34-64)107-89-84(102-59-71-47-27-10-28-48-71)82(100-57-69-43-23-8-24-44-69)80(98-55-67-39-19-6-20-40-67)76(105-89)62-103-88-77(91-86(92)72-49-29-30-50-73(72)87(91)93)81(99-56-68-41-21-7-22-42-68)78(96-53-65-35-15-4-16-36-65)74(104-88)60-94-51-63-31-11-2-12-32-63/h2-50,74-85,88-90H,51-62H2,1H3/t74?,75?,76?,77?,78-,79-,80-,81-,82+,83+,84?,85?,88-,89-,90-/m1/s1. The van der Waals surface area contributed by atoms with Gasteiger partial charge in [0.2, 0.25) is 0 Å². The van der Waals surface area contributed by atoms with Crippen LogP contribution in [0.2, 0.25) is 0 Å². The van der Waals surface area contributed by atoms with E-state index >= 15 is 9.59 Å². The lowest BCUT2D eigenvalue weighted by atomic mass is 9.94. The largest absolute Gasteiger partial charge is 0.374 e. The Labute approximate surface area is 636 Å². The fourth-order valence-electron chi connectivity index (χ4n) is 14.2. The smallest absolute Gasteiger partial charge is 0.262 e. The number of fused-ring (bicyclic) bond motifs is 1. The lowest BCUT2D eigenvalue weighted by Crippen LogP contribution is -2.68. The molecule has 10 aromatic rings. The van der Waals surface area contributed by atoms with Crippen molar-refractivity contribution < 1.29 is 75.9 Å². The number of ether oxygens (including phenoxy) is 14. The number of carbonyl (C=O) groups excluding carboxylic acids is 2. The monoisotopic (exact) mass is 1470 g/mol. The second-order valence-corrected chi connectivity index (χ2v) is 28.1. The van der Waals surface area contributed by atoms with Crippen molar-refractivity contribution in [3.05, 3.63) is 358 Å². The Morgan fingerprint density at radius 1 is 0.278 bits per heavy atom. The maximum atomic E-state index is 15.4. The fraction of sp³-hybridized carbons (Fsp3) is 0.311. The maximum Gasteiger partial charge on any atom is 0.262 e. The minimum absolute atomic E-state index is 0.0215. The molecule has 18 heteroatoms. The molecule has 17 nitrogen and oxygen atoms in total. The molecule has 0 aliphatic carbocycles. The van der Waals surface area contributed by atoms with Gasteiger partial charge in [-0.15, -0.1) is 11.8 Å². The molecular formula is C90H91NO16S. The lowest BCUT2D eigenvalue weighted by Gasteiger charge is -2.51. The van der Waals surface area contributed by atoms with Gasteiger partial charge < -0.3 is 66.3 Å². The number of benzene rings is 10. The van der Waals surface area contributed by atoms with E-state index in [9.17, 15) is 0 Å². The molecule has 0 saturated carbocycles. The van der Waals surface area contributed by atoms with Gasteiger partial charge in [-0.2, -0.15) is 0 Å². The molecule has 0 radical (unpaired) electrons. The average Bonchev–Trinajstić information content (AvgIpc) is 1.59. The number of amides is 2. The van der Waals surface area contributed by atoms with Crippen molar-refractivity contribution in [2.24, 2.45) is 0 Å². The minimum Gasteiger partial charge on any atom is -0.374 e. The summed E-state index contributed by atoms with van der Waals surface area (Å²) in [5.74, 6) is -1.10. The van der Waals surface area contributed by atoms with Crippen LogP contribution in [0.4, 0.5) is 0 Å². The highest BCUT2D eigenvalue weighted by Gasteiger charge is 2.58. The third kappa shape index (κ3) is 19.9. The van der Waals surface area contributed by atoms with Crippen molar-refractivity contribution in [1.82, 2.24) is 4.90 Å². The predicted molar refractivity (Wildman–Crippen MR) is 408 cm³/mol. The summed E-state index contributed by atoms with van der Waals surface area (Å²) in [6.45, 7) is 1.30. The zero-order chi connectivity index (χ0) is 73.5. The highest BCUT2D eigenvalue weighted by Crippen LogP contribution is 2.41. The van der Waals surface area contributed by atoms with Gasteiger partial charge in [-0.1, -0.05) is 285 Å². The van der Waals surface area contributed by atoms with Crippen LogP contribution < -0.4 is 0 Å². The van der Waals surface area contributed by atoms with Crippen LogP contribution in [0.1, 0.15) is 70.8 Å². The predicted octanol–water partition coefficient (Wildman–Crippen LogP) is 15.1. The van der Waals surface area contributed by atoms with Crippen molar-refractivity contribution in [2.75, 3.05) is 26.1 Å². The fourth-order valence-corrected chi connectivity index (χ4v) is 14.9. The quantitative estimate of drug-likeness (QED) is 0.0340. The van der Waals surface area contributed by atoms with E-state index in [1.165, 1.54) is 16.7 Å². The lowest BCUT2D eigenvalue weighted by molar-refractivity contribution is -0.363. The van der Waals surface area contributed by atoms with Gasteiger partial charge in [-0.3, -0.25) is 14.5 Å². The molecular weight excluding hydrogens is 1380 g/mol. The molecule has 4 heterocycles. The van der Waals surface area contributed by atoms with Crippen molar-refractivity contribution in [3.8, 4) is 0 Å². The van der Waals surface area contributed by atoms with Gasteiger partial charge in [0.05, 0.1) is 90.4 Å². The van der Waals surface area contributed by atoms with E-state index in [2.05, 4.69) is 0 Å². The first-order valence-electron chi connectivity index (χ1n) is 36.9. The molecule has 3 fully saturated rings. The van der Waals surface area contributed by atoms with Crippen LogP contribution >= 0.6 is 11.8 Å². The van der Waals surface area contributed by atoms with Crippen LogP contribution in [0, 0.1) is 0 Å². The molecule has 4 aliphatic heterocycles. The summed E-state index contributed by atoms with van der Waals surface area (Å²) < 4.78 is 101. The Hall–Kier alpha value is -8.87. The van der Waals surface area contributed by atoms with E-state index in [1.807, 2.05) is 279 Å². The first-order chi connectivity index (χ1) is 53.4. The highest BCUT2D eigenvalue weighted by molar-refractivity contribution is 7.99. The molecule has 108 heavy (non-hydrogen) atoms. The van der Waals surface area contributed by atoms with Gasteiger partial charge in [0.15, 0.2) is 12.6 Å². The molecule has 3 saturated heterocycles. The number of nitrogens with zero attached hydrogens (tertiary/aromatic N) is 1. The Morgan fingerprint density at radius 3 is 0.898 bits per heavy atom. The Balaban J connectivity index is 0.879. The van der Waals surface area contributed by atoms with Crippen LogP contribution in [-0.4, -0.2) is 134 Å². The maximum absolute atomic E-state index is 15.4. The SMILES string of the molecule is CS[C@H]1OC(COCc2ccccc2)[C@@H](OCc2ccccc2)[C@H](OCc2ccccc2)C1O[C@H]1OC(CO[C@@H]2OC(COCc3ccccc3)[C@@H](OCc3ccccc3)[C@H](OCc3ccccc3)C2N2C(=O)c3ccccc3C2=O)[C@@H](OCc2ccccc2)[C@H](OCc2ccccc2)C1OCc1ccccc1. The van der Waals surface area contributed by atoms with Crippen molar-refractivity contribution in [2.45, 2.75) is 151 Å². The molecule has 0 aromatic heterocycles. The normalized spacial score (nSPS) is 24.9. The summed E-state index contributed by atoms with van der Waals surface area (Å²) in [7, 11) is 0. The summed E-state index contributed by atoms with van der Waals surface area (Å²) in [5.41, 5.74) is 7.92. The van der Waals surface area contributed by atoms with Crippen molar-refractivity contribution in [1.29, 1.82) is 0 Å². The molecule has 15 atom stereocenters. The zero-order valence-corrected chi connectivity index (χ0v) is 61.1. The van der Waals surface area contributed by atoms with E-state index in [1.54, 1.807) is 24.3 Å². The van der Waals surface area contributed by atoms with Gasteiger partial charge in [-0.05, 0) is 68.5 Å². The first-order valence-corrected chi connectivity index (χ1v) is 38.2. The van der Waals surface area contributed by atoms with E-state index in [0.29, 0.717) is 6.61 Å². The third-order valence-corrected chi connectivity index (χ3v) is 20.5. The molecule has 0 spiro atoms. The Morgan fingerprint density at radius 2 is 0.546 bits per heavy atom. The van der Waals surface area contributed by atoms with Crippen LogP contribution in [0.3, 0.4) is 0 Å². The second kappa shape index (κ2) is 39.0. The zero-order valence-electron chi connectivity index (χ0n) is 60.3. The van der Waals surface area contributed by atoms with E-state index in [0.717, 1.165) is 50.1 Å². The van der Waals surface area contributed by atoms with Gasteiger partial charge in [0, 0.05) is 0 Å². The van der Waals surface area contributed by atoms with Gasteiger partial charge in [0.1, 0.15) is 78.6 Å². The van der Waals surface area contributed by atoms with Gasteiger partial charge >= 0.3 is 0 Å². The third-order valence-electron chi connectivity index (χ3n) is 19.7. The molecule has 558 valence electrons. The van der Waals surface area contributed by atoms with Gasteiger partial charge in [0.25, 0.3) is 11.8 Å². The molecule has 14 rings (SSSR count). The summed E-state index contributed by atoms with van der Waals surface area (Å²) in [6.07, 6.45) is -11.2. The highest BCUT2D eigenvalue weighted by atomic mass is 32.2. The number of rotatable bonds is 36. The Bertz CT molecular complexity index is 4270. The molecule has 0 bridgehead atoms.